The van der Waals surface area contributed by atoms with Gasteiger partial charge in [0, 0.05) is 7.05 Å². The molecule has 2 amide bonds. The fourth-order valence-electron chi connectivity index (χ4n) is 0.0402. The average Bonchev–Trinajstić information content (AvgIpc) is 1.65. The van der Waals surface area contributed by atoms with E-state index in [9.17, 15) is 9.70 Å². The molecule has 0 aromatic carbocycles. The van der Waals surface area contributed by atoms with Gasteiger partial charge in [-0.15, -0.1) is 4.91 Å². The first-order valence-electron chi connectivity index (χ1n) is 1.55. The van der Waals surface area contributed by atoms with E-state index in [1.54, 1.807) is 0 Å². The Morgan fingerprint density at radius 2 is 2.25 bits per heavy atom. The van der Waals surface area contributed by atoms with Gasteiger partial charge in [-0.2, -0.15) is 5.01 Å². The van der Waals surface area contributed by atoms with Crippen LogP contribution >= 0.6 is 0 Å². The van der Waals surface area contributed by atoms with E-state index >= 15 is 0 Å². The molecule has 8 heavy (non-hydrogen) atoms. The second-order valence-electron chi connectivity index (χ2n) is 0.943. The monoisotopic (exact) mass is 143 g/mol. The van der Waals surface area contributed by atoms with Gasteiger partial charge >= 0.3 is 57.4 Å². The van der Waals surface area contributed by atoms with Crippen molar-refractivity contribution < 1.29 is 57.6 Å². The van der Waals surface area contributed by atoms with Crippen LogP contribution in [0.4, 0.5) is 4.79 Å². The molecule has 2 N–H and O–H groups in total. The molecule has 0 spiro atoms. The summed E-state index contributed by atoms with van der Waals surface area (Å²) >= 11 is 0. The molecule has 0 aliphatic rings. The van der Waals surface area contributed by atoms with Gasteiger partial charge in [-0.1, -0.05) is 0 Å². The van der Waals surface area contributed by atoms with Crippen molar-refractivity contribution in [3.8, 4) is 0 Å². The molecule has 0 saturated heterocycles. The van der Waals surface area contributed by atoms with Crippen LogP contribution in [0.25, 0.3) is 0 Å². The number of nitrogens with two attached hydrogens (primary N) is 1. The molecule has 0 aliphatic carbocycles. The third-order valence-electron chi connectivity index (χ3n) is 0.441. The summed E-state index contributed by atoms with van der Waals surface area (Å²) in [5, 5.41) is 2.70. The van der Waals surface area contributed by atoms with Crippen LogP contribution in [0.1, 0.15) is 1.43 Å². The maximum absolute atomic E-state index is 9.78. The van der Waals surface area contributed by atoms with Gasteiger partial charge in [0.05, 0.1) is 5.29 Å². The second kappa shape index (κ2) is 5.64. The third kappa shape index (κ3) is 4.66. The molecule has 0 atom stereocenters. The minimum Gasteiger partial charge on any atom is -1.00 e. The van der Waals surface area contributed by atoms with E-state index in [4.69, 9.17) is 0 Å². The third-order valence-corrected chi connectivity index (χ3v) is 0.441. The van der Waals surface area contributed by atoms with Gasteiger partial charge < -0.3 is 7.16 Å². The van der Waals surface area contributed by atoms with Gasteiger partial charge in [0.25, 0.3) is 0 Å². The van der Waals surface area contributed by atoms with Crippen molar-refractivity contribution in [2.24, 2.45) is 11.0 Å². The van der Waals surface area contributed by atoms with E-state index in [1.807, 2.05) is 0 Å². The molecule has 42 valence electrons. The molecule has 0 radical (unpaired) electrons. The van der Waals surface area contributed by atoms with Crippen molar-refractivity contribution >= 4 is 6.03 Å². The Bertz CT molecular complexity index is 99.8. The molecule has 0 bridgehead atoms. The number of primary amides is 1. The van der Waals surface area contributed by atoms with Gasteiger partial charge in [0.2, 0.25) is 0 Å². The van der Waals surface area contributed by atoms with Crippen LogP contribution in [-0.2, 0) is 0 Å². The number of urea groups is 1. The minimum absolute atomic E-state index is 0. The zero-order valence-electron chi connectivity index (χ0n) is 5.79. The standard InChI is InChI=1S/C2H5N3O2.K.H/c1-5(4-7)2(3)6;;/h1H3,(H2,3,6);;/q;+1;-1. The summed E-state index contributed by atoms with van der Waals surface area (Å²) in [4.78, 5) is 19.1. The molecule has 0 unspecified atom stereocenters. The largest absolute Gasteiger partial charge is 1.00 e. The molecule has 0 rings (SSSR count). The average molecular weight is 143 g/mol. The van der Waals surface area contributed by atoms with Crippen molar-refractivity contribution in [2.75, 3.05) is 7.05 Å². The summed E-state index contributed by atoms with van der Waals surface area (Å²) < 4.78 is 0. The molecule has 5 nitrogen and oxygen atoms in total. The summed E-state index contributed by atoms with van der Waals surface area (Å²) in [6.45, 7) is 0. The van der Waals surface area contributed by atoms with Gasteiger partial charge in [-0.05, 0) is 0 Å². The van der Waals surface area contributed by atoms with Crippen molar-refractivity contribution in [1.29, 1.82) is 0 Å². The molecular formula is C2H6KN3O2. The molecule has 0 fully saturated rings. The van der Waals surface area contributed by atoms with E-state index in [0.29, 0.717) is 5.01 Å². The Hall–Kier alpha value is 0.506. The van der Waals surface area contributed by atoms with Gasteiger partial charge in [-0.25, -0.2) is 4.79 Å². The first-order chi connectivity index (χ1) is 3.18. The van der Waals surface area contributed by atoms with Crippen LogP contribution in [0.5, 0.6) is 0 Å². The molecule has 0 aromatic rings. The summed E-state index contributed by atoms with van der Waals surface area (Å²) in [7, 11) is 1.18. The van der Waals surface area contributed by atoms with Crippen LogP contribution in [0, 0.1) is 4.91 Å². The van der Waals surface area contributed by atoms with Gasteiger partial charge in [0.15, 0.2) is 0 Å². The Morgan fingerprint density at radius 1 is 1.88 bits per heavy atom. The van der Waals surface area contributed by atoms with E-state index in [1.165, 1.54) is 7.05 Å². The van der Waals surface area contributed by atoms with Gasteiger partial charge in [-0.3, -0.25) is 0 Å². The predicted molar refractivity (Wildman–Crippen MR) is 24.3 cm³/mol. The topological polar surface area (TPSA) is 75.8 Å². The fourth-order valence-corrected chi connectivity index (χ4v) is 0.0402. The molecule has 6 heteroatoms. The number of amides is 2. The number of nitroso groups, excluding NO2 is 1. The summed E-state index contributed by atoms with van der Waals surface area (Å²) in [5.74, 6) is 0. The number of hydrogen-bond acceptors (Lipinski definition) is 3. The van der Waals surface area contributed by atoms with Crippen molar-refractivity contribution in [3.05, 3.63) is 4.91 Å². The quantitative estimate of drug-likeness (QED) is 0.238. The number of nitrogens with zero attached hydrogens (tertiary/aromatic N) is 2. The zero-order chi connectivity index (χ0) is 5.86. The van der Waals surface area contributed by atoms with Crippen LogP contribution in [0.15, 0.2) is 5.29 Å². The predicted octanol–water partition coefficient (Wildman–Crippen LogP) is -3.21. The maximum atomic E-state index is 9.78. The Kier molecular flexibility index (Phi) is 7.98. The number of carbonyl (C=O) groups excluding carboxylic acids is 1. The number of carbonyl (C=O) groups is 1. The van der Waals surface area contributed by atoms with Gasteiger partial charge in [0.1, 0.15) is 0 Å². The van der Waals surface area contributed by atoms with E-state index in [0.717, 1.165) is 0 Å². The SMILES string of the molecule is CN(N=O)C(N)=O.[H-].[K+]. The molecule has 0 heterocycles. The smallest absolute Gasteiger partial charge is 1.00 e. The summed E-state index contributed by atoms with van der Waals surface area (Å²) in [6, 6.07) is -0.852. The zero-order valence-corrected chi connectivity index (χ0v) is 7.91. The van der Waals surface area contributed by atoms with Crippen LogP contribution in [0.3, 0.4) is 0 Å². The maximum Gasteiger partial charge on any atom is 1.00 e. The van der Waals surface area contributed by atoms with E-state index in [-0.39, 0.29) is 52.8 Å². The van der Waals surface area contributed by atoms with Crippen molar-refractivity contribution in [3.63, 3.8) is 0 Å². The number of rotatable bonds is 1. The summed E-state index contributed by atoms with van der Waals surface area (Å²) in [5.41, 5.74) is 4.54. The molecule has 0 aromatic heterocycles. The molecule has 0 aliphatic heterocycles. The molecular weight excluding hydrogens is 137 g/mol. The first-order valence-corrected chi connectivity index (χ1v) is 1.55. The molecule has 0 saturated carbocycles. The Labute approximate surface area is 90.4 Å². The van der Waals surface area contributed by atoms with Crippen LogP contribution in [0.2, 0.25) is 0 Å². The summed E-state index contributed by atoms with van der Waals surface area (Å²) in [6.07, 6.45) is 0. The Balaban J connectivity index is -0.000000180. The van der Waals surface area contributed by atoms with Crippen LogP contribution < -0.4 is 57.1 Å². The fraction of sp³-hybridized carbons (Fsp3) is 0.500. The number of hydrogen-bond donors (Lipinski definition) is 1. The van der Waals surface area contributed by atoms with E-state index < -0.39 is 6.03 Å². The Morgan fingerprint density at radius 3 is 2.25 bits per heavy atom. The van der Waals surface area contributed by atoms with Crippen LogP contribution in [-0.4, -0.2) is 18.1 Å². The second-order valence-corrected chi connectivity index (χ2v) is 0.943. The van der Waals surface area contributed by atoms with E-state index in [2.05, 4.69) is 11.0 Å². The minimum atomic E-state index is -0.852. The first kappa shape index (κ1) is 11.3. The van der Waals surface area contributed by atoms with Crippen molar-refractivity contribution in [2.45, 2.75) is 0 Å². The normalized spacial score (nSPS) is 6.62. The van der Waals surface area contributed by atoms with Crippen molar-refractivity contribution in [1.82, 2.24) is 5.01 Å².